The first kappa shape index (κ1) is 14.3. The Hall–Kier alpha value is -1.76. The molecule has 0 spiro atoms. The minimum atomic E-state index is -2.85. The van der Waals surface area contributed by atoms with E-state index in [1.54, 1.807) is 6.92 Å². The van der Waals surface area contributed by atoms with Crippen LogP contribution in [-0.2, 0) is 11.3 Å². The van der Waals surface area contributed by atoms with Gasteiger partial charge in [0.05, 0.1) is 13.7 Å². The molecule has 100 valence electrons. The lowest BCUT2D eigenvalue weighted by Crippen LogP contribution is -2.15. The number of esters is 1. The third kappa shape index (κ3) is 2.92. The zero-order valence-corrected chi connectivity index (χ0v) is 10.1. The number of carbonyl (C=O) groups is 1. The van der Waals surface area contributed by atoms with E-state index in [0.717, 1.165) is 0 Å². The molecule has 0 aliphatic heterocycles. The standard InChI is InChI=1S/C11H14F2N2O3/c1-3-18-11(16)8-6(5-14)4-7(17-2)9(15-8)10(12)13/h4,10H,3,5,14H2,1-2H3. The lowest BCUT2D eigenvalue weighted by Gasteiger charge is -2.12. The average molecular weight is 260 g/mol. The highest BCUT2D eigenvalue weighted by molar-refractivity contribution is 5.89. The van der Waals surface area contributed by atoms with E-state index >= 15 is 0 Å². The fraction of sp³-hybridized carbons (Fsp3) is 0.455. The molecule has 2 N–H and O–H groups in total. The number of ether oxygens (including phenoxy) is 2. The molecular formula is C11H14F2N2O3. The number of hydrogen-bond acceptors (Lipinski definition) is 5. The second-order valence-electron chi connectivity index (χ2n) is 3.31. The molecule has 1 heterocycles. The molecule has 0 saturated carbocycles. The summed E-state index contributed by atoms with van der Waals surface area (Å²) in [5, 5.41) is 0. The molecule has 5 nitrogen and oxygen atoms in total. The van der Waals surface area contributed by atoms with Gasteiger partial charge >= 0.3 is 5.97 Å². The summed E-state index contributed by atoms with van der Waals surface area (Å²) in [7, 11) is 1.24. The third-order valence-corrected chi connectivity index (χ3v) is 2.21. The normalized spacial score (nSPS) is 10.6. The fourth-order valence-corrected chi connectivity index (χ4v) is 1.40. The molecular weight excluding hydrogens is 246 g/mol. The van der Waals surface area contributed by atoms with Crippen LogP contribution in [0.1, 0.15) is 35.1 Å². The minimum absolute atomic E-state index is 0.0268. The maximum atomic E-state index is 12.8. The number of carbonyl (C=O) groups excluding carboxylic acids is 1. The van der Waals surface area contributed by atoms with Crippen molar-refractivity contribution in [2.24, 2.45) is 5.73 Å². The van der Waals surface area contributed by atoms with E-state index in [0.29, 0.717) is 5.56 Å². The molecule has 18 heavy (non-hydrogen) atoms. The second kappa shape index (κ2) is 6.25. The van der Waals surface area contributed by atoms with E-state index in [1.807, 2.05) is 0 Å². The van der Waals surface area contributed by atoms with Crippen LogP contribution in [0.2, 0.25) is 0 Å². The summed E-state index contributed by atoms with van der Waals surface area (Å²) < 4.78 is 35.0. The van der Waals surface area contributed by atoms with Crippen LogP contribution in [0, 0.1) is 0 Å². The van der Waals surface area contributed by atoms with E-state index < -0.39 is 18.1 Å². The quantitative estimate of drug-likeness (QED) is 0.815. The monoisotopic (exact) mass is 260 g/mol. The number of halogens is 2. The highest BCUT2D eigenvalue weighted by atomic mass is 19.3. The Labute approximate surface area is 103 Å². The van der Waals surface area contributed by atoms with Gasteiger partial charge in [-0.25, -0.2) is 18.6 Å². The van der Waals surface area contributed by atoms with E-state index in [4.69, 9.17) is 15.2 Å². The lowest BCUT2D eigenvalue weighted by molar-refractivity contribution is 0.0516. The summed E-state index contributed by atoms with van der Waals surface area (Å²) in [6.07, 6.45) is -2.85. The summed E-state index contributed by atoms with van der Waals surface area (Å²) in [6, 6.07) is 1.28. The van der Waals surface area contributed by atoms with Gasteiger partial charge in [0.25, 0.3) is 6.43 Å². The first-order valence-corrected chi connectivity index (χ1v) is 5.28. The van der Waals surface area contributed by atoms with Gasteiger partial charge in [-0.3, -0.25) is 0 Å². The summed E-state index contributed by atoms with van der Waals surface area (Å²) in [5.74, 6) is -0.874. The second-order valence-corrected chi connectivity index (χ2v) is 3.31. The van der Waals surface area contributed by atoms with Crippen molar-refractivity contribution in [1.82, 2.24) is 4.98 Å². The van der Waals surface area contributed by atoms with Crippen molar-refractivity contribution in [3.05, 3.63) is 23.0 Å². The molecule has 1 rings (SSSR count). The van der Waals surface area contributed by atoms with Crippen LogP contribution in [-0.4, -0.2) is 24.7 Å². The van der Waals surface area contributed by atoms with Gasteiger partial charge in [0.2, 0.25) is 0 Å². The maximum absolute atomic E-state index is 12.8. The number of alkyl halides is 2. The molecule has 0 amide bonds. The first-order chi connectivity index (χ1) is 8.54. The van der Waals surface area contributed by atoms with Crippen molar-refractivity contribution < 1.29 is 23.0 Å². The zero-order valence-electron chi connectivity index (χ0n) is 10.1. The van der Waals surface area contributed by atoms with Crippen molar-refractivity contribution in [3.63, 3.8) is 0 Å². The Kier molecular flexibility index (Phi) is 4.96. The summed E-state index contributed by atoms with van der Waals surface area (Å²) in [6.45, 7) is 1.71. The van der Waals surface area contributed by atoms with Crippen molar-refractivity contribution in [3.8, 4) is 5.75 Å². The van der Waals surface area contributed by atoms with Crippen LogP contribution in [0.25, 0.3) is 0 Å². The van der Waals surface area contributed by atoms with E-state index in [9.17, 15) is 13.6 Å². The van der Waals surface area contributed by atoms with Gasteiger partial charge in [-0.15, -0.1) is 0 Å². The van der Waals surface area contributed by atoms with Gasteiger partial charge in [0.15, 0.2) is 5.69 Å². The van der Waals surface area contributed by atoms with Crippen molar-refractivity contribution in [1.29, 1.82) is 0 Å². The predicted molar refractivity (Wildman–Crippen MR) is 59.6 cm³/mol. The highest BCUT2D eigenvalue weighted by Crippen LogP contribution is 2.29. The van der Waals surface area contributed by atoms with Gasteiger partial charge in [-0.05, 0) is 13.0 Å². The Balaban J connectivity index is 3.31. The zero-order chi connectivity index (χ0) is 13.7. The Morgan fingerprint density at radius 1 is 1.56 bits per heavy atom. The molecule has 0 radical (unpaired) electrons. The SMILES string of the molecule is CCOC(=O)c1nc(C(F)F)c(OC)cc1CN. The molecule has 0 fully saturated rings. The summed E-state index contributed by atoms with van der Waals surface area (Å²) >= 11 is 0. The Morgan fingerprint density at radius 2 is 2.22 bits per heavy atom. The van der Waals surface area contributed by atoms with Crippen LogP contribution >= 0.6 is 0 Å². The van der Waals surface area contributed by atoms with Gasteiger partial charge in [0.1, 0.15) is 11.4 Å². The number of methoxy groups -OCH3 is 1. The predicted octanol–water partition coefficient (Wildman–Crippen LogP) is 1.66. The number of hydrogen-bond donors (Lipinski definition) is 1. The van der Waals surface area contributed by atoms with Crippen LogP contribution < -0.4 is 10.5 Å². The Bertz CT molecular complexity index is 439. The number of aromatic nitrogens is 1. The number of pyridine rings is 1. The van der Waals surface area contributed by atoms with Crippen LogP contribution in [0.4, 0.5) is 8.78 Å². The Morgan fingerprint density at radius 3 is 2.67 bits per heavy atom. The number of nitrogens with two attached hydrogens (primary N) is 1. The van der Waals surface area contributed by atoms with Gasteiger partial charge in [-0.2, -0.15) is 0 Å². The van der Waals surface area contributed by atoms with E-state index in [2.05, 4.69) is 4.98 Å². The topological polar surface area (TPSA) is 74.4 Å². The smallest absolute Gasteiger partial charge is 0.357 e. The van der Waals surface area contributed by atoms with E-state index in [1.165, 1.54) is 13.2 Å². The molecule has 7 heteroatoms. The van der Waals surface area contributed by atoms with Crippen molar-refractivity contribution in [2.45, 2.75) is 19.9 Å². The molecule has 0 aliphatic rings. The minimum Gasteiger partial charge on any atom is -0.495 e. The van der Waals surface area contributed by atoms with E-state index in [-0.39, 0.29) is 24.6 Å². The molecule has 1 aromatic rings. The van der Waals surface area contributed by atoms with Gasteiger partial charge in [-0.1, -0.05) is 0 Å². The van der Waals surface area contributed by atoms with Gasteiger partial charge in [0, 0.05) is 12.1 Å². The molecule has 0 aliphatic carbocycles. The van der Waals surface area contributed by atoms with Gasteiger partial charge < -0.3 is 15.2 Å². The molecule has 0 aromatic carbocycles. The first-order valence-electron chi connectivity index (χ1n) is 5.28. The number of nitrogens with zero attached hydrogens (tertiary/aromatic N) is 1. The number of rotatable bonds is 5. The largest absolute Gasteiger partial charge is 0.495 e. The van der Waals surface area contributed by atoms with Crippen LogP contribution in [0.15, 0.2) is 6.07 Å². The van der Waals surface area contributed by atoms with Crippen molar-refractivity contribution in [2.75, 3.05) is 13.7 Å². The lowest BCUT2D eigenvalue weighted by atomic mass is 10.1. The molecule has 0 unspecified atom stereocenters. The van der Waals surface area contributed by atoms with Crippen LogP contribution in [0.3, 0.4) is 0 Å². The summed E-state index contributed by atoms with van der Waals surface area (Å²) in [4.78, 5) is 15.2. The average Bonchev–Trinajstić information content (AvgIpc) is 2.37. The molecule has 0 saturated heterocycles. The summed E-state index contributed by atoms with van der Waals surface area (Å²) in [5.41, 5.74) is 4.95. The van der Waals surface area contributed by atoms with Crippen molar-refractivity contribution >= 4 is 5.97 Å². The van der Waals surface area contributed by atoms with Crippen LogP contribution in [0.5, 0.6) is 5.75 Å². The molecule has 0 bridgehead atoms. The maximum Gasteiger partial charge on any atom is 0.357 e. The fourth-order valence-electron chi connectivity index (χ4n) is 1.40. The highest BCUT2D eigenvalue weighted by Gasteiger charge is 2.23. The molecule has 0 atom stereocenters. The molecule has 1 aromatic heterocycles. The third-order valence-electron chi connectivity index (χ3n) is 2.21.